The van der Waals surface area contributed by atoms with Crippen LogP contribution in [0.15, 0.2) is 22.7 Å². The quantitative estimate of drug-likeness (QED) is 0.434. The molecular weight excluding hydrogens is 428 g/mol. The van der Waals surface area contributed by atoms with Crippen molar-refractivity contribution in [2.45, 2.75) is 92.7 Å². The van der Waals surface area contributed by atoms with Crippen LogP contribution >= 0.6 is 0 Å². The van der Waals surface area contributed by atoms with Gasteiger partial charge in [0.1, 0.15) is 11.3 Å². The van der Waals surface area contributed by atoms with Gasteiger partial charge in [0.15, 0.2) is 0 Å². The molecule has 0 atom stereocenters. The molecule has 7 nitrogen and oxygen atoms in total. The van der Waals surface area contributed by atoms with E-state index >= 15 is 0 Å². The third kappa shape index (κ3) is 5.24. The van der Waals surface area contributed by atoms with Crippen molar-refractivity contribution in [3.63, 3.8) is 0 Å². The number of rotatable bonds is 6. The Bertz CT molecular complexity index is 1200. The van der Waals surface area contributed by atoms with Gasteiger partial charge in [0, 0.05) is 29.8 Å². The first-order valence-corrected chi connectivity index (χ1v) is 12.2. The van der Waals surface area contributed by atoms with Gasteiger partial charge in [-0.1, -0.05) is 31.1 Å². The van der Waals surface area contributed by atoms with E-state index in [1.165, 1.54) is 11.3 Å². The lowest BCUT2D eigenvalue weighted by atomic mass is 9.76. The van der Waals surface area contributed by atoms with E-state index in [0.717, 1.165) is 48.2 Å². The Hall–Kier alpha value is -2.96. The molecule has 0 spiro atoms. The Morgan fingerprint density at radius 1 is 1.26 bits per heavy atom. The molecule has 0 N–H and O–H groups in total. The molecule has 2 aromatic heterocycles. The van der Waals surface area contributed by atoms with E-state index in [9.17, 15) is 4.79 Å². The normalized spacial score (nSPS) is 15.3. The smallest absolute Gasteiger partial charge is 0.306 e. The summed E-state index contributed by atoms with van der Waals surface area (Å²) in [6.07, 6.45) is 4.09. The van der Waals surface area contributed by atoms with Gasteiger partial charge in [-0.25, -0.2) is 0 Å². The maximum Gasteiger partial charge on any atom is 0.306 e. The molecule has 7 heteroatoms. The second-order valence-electron chi connectivity index (χ2n) is 11.1. The number of fused-ring (bicyclic) bond motifs is 1. The number of aryl methyl sites for hydroxylation is 3. The maximum absolute atomic E-state index is 12.0. The van der Waals surface area contributed by atoms with Crippen molar-refractivity contribution in [1.82, 2.24) is 19.9 Å². The molecule has 34 heavy (non-hydrogen) atoms. The number of benzene rings is 1. The summed E-state index contributed by atoms with van der Waals surface area (Å²) in [7, 11) is 0. The van der Waals surface area contributed by atoms with Gasteiger partial charge in [0.2, 0.25) is 5.82 Å². The molecular formula is C27H36N4O3. The number of hydrogen-bond donors (Lipinski definition) is 0. The Morgan fingerprint density at radius 2 is 2.03 bits per heavy atom. The van der Waals surface area contributed by atoms with Gasteiger partial charge in [-0.05, 0) is 82.9 Å². The van der Waals surface area contributed by atoms with E-state index in [1.807, 2.05) is 39.8 Å². The van der Waals surface area contributed by atoms with Crippen molar-refractivity contribution in [2.75, 3.05) is 0 Å². The zero-order valence-electron chi connectivity index (χ0n) is 21.5. The van der Waals surface area contributed by atoms with E-state index in [-0.39, 0.29) is 11.4 Å². The van der Waals surface area contributed by atoms with Crippen LogP contribution in [-0.4, -0.2) is 31.5 Å². The molecule has 0 radical (unpaired) electrons. The second-order valence-corrected chi connectivity index (χ2v) is 11.1. The third-order valence-corrected chi connectivity index (χ3v) is 6.36. The van der Waals surface area contributed by atoms with Gasteiger partial charge in [0.25, 0.3) is 5.89 Å². The summed E-state index contributed by atoms with van der Waals surface area (Å²) in [5.41, 5.74) is 6.20. The largest absolute Gasteiger partial charge is 0.460 e. The Morgan fingerprint density at radius 3 is 2.71 bits per heavy atom. The highest BCUT2D eigenvalue weighted by Crippen LogP contribution is 2.39. The molecule has 0 saturated carbocycles. The number of hydrogen-bond acceptors (Lipinski definition) is 6. The van der Waals surface area contributed by atoms with Crippen molar-refractivity contribution in [1.29, 1.82) is 0 Å². The van der Waals surface area contributed by atoms with Gasteiger partial charge in [-0.2, -0.15) is 10.1 Å². The summed E-state index contributed by atoms with van der Waals surface area (Å²) in [6, 6.07) is 6.06. The van der Waals surface area contributed by atoms with Crippen LogP contribution in [0.4, 0.5) is 0 Å². The molecule has 0 unspecified atom stereocenters. The highest BCUT2D eigenvalue weighted by molar-refractivity contribution is 5.70. The van der Waals surface area contributed by atoms with Crippen molar-refractivity contribution < 1.29 is 14.1 Å². The first-order chi connectivity index (χ1) is 16.0. The molecule has 2 heterocycles. The van der Waals surface area contributed by atoms with E-state index in [1.54, 1.807) is 0 Å². The zero-order chi connectivity index (χ0) is 24.7. The standard InChI is InChI=1S/C27H36N4O3/c1-8-31-21-16-27(6,7)14-13-20(21)23(29-31)24-28-25(34-30-24)19-11-9-18(15-17(19)2)10-12-22(32)33-26(3,4)5/h9,11,15H,8,10,12-14,16H2,1-7H3. The minimum Gasteiger partial charge on any atom is -0.460 e. The van der Waals surface area contributed by atoms with Gasteiger partial charge in [0.05, 0.1) is 0 Å². The maximum atomic E-state index is 12.0. The van der Waals surface area contributed by atoms with Crippen molar-refractivity contribution in [3.05, 3.63) is 40.6 Å². The van der Waals surface area contributed by atoms with Crippen LogP contribution in [-0.2, 0) is 35.3 Å². The van der Waals surface area contributed by atoms with Crippen molar-refractivity contribution >= 4 is 5.97 Å². The fourth-order valence-electron chi connectivity index (χ4n) is 4.63. The molecule has 1 aliphatic rings. The average Bonchev–Trinajstić information content (AvgIpc) is 3.34. The SMILES string of the molecule is CCn1nc(-c2noc(-c3ccc(CCC(=O)OC(C)(C)C)cc3C)n2)c2c1CC(C)(C)CC2. The molecule has 0 bridgehead atoms. The number of nitrogens with zero attached hydrogens (tertiary/aromatic N) is 4. The monoisotopic (exact) mass is 464 g/mol. The Kier molecular flexibility index (Phi) is 6.40. The number of ether oxygens (including phenoxy) is 1. The van der Waals surface area contributed by atoms with Gasteiger partial charge in [-0.3, -0.25) is 9.48 Å². The minimum absolute atomic E-state index is 0.186. The summed E-state index contributed by atoms with van der Waals surface area (Å²) in [6.45, 7) is 15.2. The fourth-order valence-corrected chi connectivity index (χ4v) is 4.63. The van der Waals surface area contributed by atoms with Crippen LogP contribution in [0, 0.1) is 12.3 Å². The molecule has 182 valence electrons. The first-order valence-electron chi connectivity index (χ1n) is 12.2. The van der Waals surface area contributed by atoms with Crippen LogP contribution < -0.4 is 0 Å². The van der Waals surface area contributed by atoms with Crippen LogP contribution in [0.3, 0.4) is 0 Å². The highest BCUT2D eigenvalue weighted by atomic mass is 16.6. The summed E-state index contributed by atoms with van der Waals surface area (Å²) >= 11 is 0. The van der Waals surface area contributed by atoms with Gasteiger partial charge >= 0.3 is 5.97 Å². The van der Waals surface area contributed by atoms with Crippen molar-refractivity contribution in [2.24, 2.45) is 5.41 Å². The number of carbonyl (C=O) groups is 1. The fraction of sp³-hybridized carbons (Fsp3) is 0.556. The lowest BCUT2D eigenvalue weighted by molar-refractivity contribution is -0.154. The van der Waals surface area contributed by atoms with Crippen LogP contribution in [0.2, 0.25) is 0 Å². The molecule has 1 aromatic carbocycles. The zero-order valence-corrected chi connectivity index (χ0v) is 21.5. The first kappa shape index (κ1) is 24.2. The Labute approximate surface area is 201 Å². The molecule has 0 fully saturated rings. The van der Waals surface area contributed by atoms with Crippen LogP contribution in [0.25, 0.3) is 23.0 Å². The van der Waals surface area contributed by atoms with Crippen molar-refractivity contribution in [3.8, 4) is 23.0 Å². The predicted octanol–water partition coefficient (Wildman–Crippen LogP) is 5.72. The summed E-state index contributed by atoms with van der Waals surface area (Å²) < 4.78 is 13.2. The van der Waals surface area contributed by atoms with Gasteiger partial charge < -0.3 is 9.26 Å². The van der Waals surface area contributed by atoms with E-state index in [4.69, 9.17) is 19.3 Å². The summed E-state index contributed by atoms with van der Waals surface area (Å²) in [5, 5.41) is 9.13. The molecule has 0 amide bonds. The van der Waals surface area contributed by atoms with Gasteiger partial charge in [-0.15, -0.1) is 0 Å². The Balaban J connectivity index is 1.53. The summed E-state index contributed by atoms with van der Waals surface area (Å²) in [4.78, 5) is 16.8. The second kappa shape index (κ2) is 9.01. The molecule has 0 aliphatic heterocycles. The lowest BCUT2D eigenvalue weighted by Gasteiger charge is -2.30. The lowest BCUT2D eigenvalue weighted by Crippen LogP contribution is -2.24. The van der Waals surface area contributed by atoms with E-state index in [0.29, 0.717) is 24.6 Å². The minimum atomic E-state index is -0.463. The summed E-state index contributed by atoms with van der Waals surface area (Å²) in [5.74, 6) is 0.850. The van der Waals surface area contributed by atoms with E-state index < -0.39 is 5.60 Å². The number of aromatic nitrogens is 4. The third-order valence-electron chi connectivity index (χ3n) is 6.36. The predicted molar refractivity (Wildman–Crippen MR) is 131 cm³/mol. The van der Waals surface area contributed by atoms with E-state index in [2.05, 4.69) is 36.7 Å². The molecule has 4 rings (SSSR count). The molecule has 1 aliphatic carbocycles. The molecule has 0 saturated heterocycles. The topological polar surface area (TPSA) is 83.0 Å². The highest BCUT2D eigenvalue weighted by Gasteiger charge is 2.32. The number of esters is 1. The van der Waals surface area contributed by atoms with Crippen LogP contribution in [0.1, 0.15) is 76.8 Å². The number of carbonyl (C=O) groups excluding carboxylic acids is 1. The molecule has 3 aromatic rings. The van der Waals surface area contributed by atoms with Crippen LogP contribution in [0.5, 0.6) is 0 Å². The average molecular weight is 465 g/mol.